The molecule has 0 saturated heterocycles. The second-order valence-electron chi connectivity index (χ2n) is 24.6. The second-order valence-corrected chi connectivity index (χ2v) is 24.6. The van der Waals surface area contributed by atoms with E-state index in [-0.39, 0.29) is 18.5 Å². The smallest absolute Gasteiger partial charge is 0.305 e. The average molecular weight is 1100 g/mol. The molecule has 0 spiro atoms. The molecule has 0 aromatic carbocycles. The van der Waals surface area contributed by atoms with E-state index in [0.29, 0.717) is 19.4 Å². The summed E-state index contributed by atoms with van der Waals surface area (Å²) in [5.74, 6) is -0.0424. The Morgan fingerprint density at radius 2 is 0.603 bits per heavy atom. The van der Waals surface area contributed by atoms with Gasteiger partial charge in [0.2, 0.25) is 5.91 Å². The normalized spacial score (nSPS) is 12.6. The molecule has 0 aromatic rings. The molecule has 0 aliphatic heterocycles. The zero-order valence-electron chi connectivity index (χ0n) is 52.9. The van der Waals surface area contributed by atoms with Gasteiger partial charge in [0.15, 0.2) is 0 Å². The average Bonchev–Trinajstić information content (AvgIpc) is 3.44. The minimum Gasteiger partial charge on any atom is -0.466 e. The van der Waals surface area contributed by atoms with Gasteiger partial charge in [0.1, 0.15) is 0 Å². The number of esters is 1. The van der Waals surface area contributed by atoms with E-state index in [4.69, 9.17) is 4.74 Å². The molecular weight excluding hydrogens is 959 g/mol. The van der Waals surface area contributed by atoms with Crippen LogP contribution in [0.2, 0.25) is 0 Å². The van der Waals surface area contributed by atoms with Gasteiger partial charge in [-0.3, -0.25) is 9.59 Å². The molecule has 78 heavy (non-hydrogen) atoms. The van der Waals surface area contributed by atoms with Gasteiger partial charge in [-0.05, 0) is 57.8 Å². The predicted octanol–water partition coefficient (Wildman–Crippen LogP) is 22.9. The van der Waals surface area contributed by atoms with Crippen molar-refractivity contribution in [2.45, 2.75) is 411 Å². The highest BCUT2D eigenvalue weighted by Gasteiger charge is 2.18. The van der Waals surface area contributed by atoms with Crippen LogP contribution >= 0.6 is 0 Å². The van der Waals surface area contributed by atoms with E-state index in [1.54, 1.807) is 6.08 Å². The number of aliphatic hydroxyl groups excluding tert-OH is 2. The molecular formula is C72H139NO5. The van der Waals surface area contributed by atoms with Crippen LogP contribution in [0.1, 0.15) is 399 Å². The third-order valence-corrected chi connectivity index (χ3v) is 16.7. The van der Waals surface area contributed by atoms with Gasteiger partial charge in [-0.1, -0.05) is 353 Å². The molecule has 462 valence electrons. The van der Waals surface area contributed by atoms with Crippen LogP contribution in [-0.2, 0) is 14.3 Å². The fourth-order valence-corrected chi connectivity index (χ4v) is 11.3. The predicted molar refractivity (Wildman–Crippen MR) is 343 cm³/mol. The fraction of sp³-hybridized carbons (Fsp3) is 0.917. The van der Waals surface area contributed by atoms with Gasteiger partial charge in [-0.25, -0.2) is 0 Å². The van der Waals surface area contributed by atoms with Crippen molar-refractivity contribution < 1.29 is 24.5 Å². The van der Waals surface area contributed by atoms with Crippen molar-refractivity contribution in [2.24, 2.45) is 0 Å². The summed E-state index contributed by atoms with van der Waals surface area (Å²) < 4.78 is 5.49. The molecule has 2 unspecified atom stereocenters. The topological polar surface area (TPSA) is 95.9 Å². The third-order valence-electron chi connectivity index (χ3n) is 16.7. The maximum Gasteiger partial charge on any atom is 0.305 e. The Hall–Kier alpha value is -1.66. The molecule has 6 heteroatoms. The number of hydrogen-bond donors (Lipinski definition) is 3. The number of carbonyl (C=O) groups excluding carboxylic acids is 2. The van der Waals surface area contributed by atoms with Crippen LogP contribution in [-0.4, -0.2) is 47.4 Å². The number of ether oxygens (including phenoxy) is 1. The monoisotopic (exact) mass is 1100 g/mol. The molecule has 2 atom stereocenters. The van der Waals surface area contributed by atoms with Crippen molar-refractivity contribution in [1.82, 2.24) is 5.32 Å². The van der Waals surface area contributed by atoms with Gasteiger partial charge in [-0.2, -0.15) is 0 Å². The highest BCUT2D eigenvalue weighted by atomic mass is 16.5. The molecule has 0 heterocycles. The van der Waals surface area contributed by atoms with Gasteiger partial charge in [0.25, 0.3) is 0 Å². The largest absolute Gasteiger partial charge is 0.466 e. The molecule has 0 fully saturated rings. The summed E-state index contributed by atoms with van der Waals surface area (Å²) in [4.78, 5) is 24.5. The molecule has 0 rings (SSSR count). The van der Waals surface area contributed by atoms with Gasteiger partial charge in [-0.15, -0.1) is 0 Å². The lowest BCUT2D eigenvalue weighted by Gasteiger charge is -2.20. The van der Waals surface area contributed by atoms with Crippen LogP contribution in [0.4, 0.5) is 0 Å². The van der Waals surface area contributed by atoms with Gasteiger partial charge >= 0.3 is 5.97 Å². The Labute approximate surface area is 488 Å². The summed E-state index contributed by atoms with van der Waals surface area (Å²) in [5, 5.41) is 23.2. The molecule has 0 aromatic heterocycles. The quantitative estimate of drug-likeness (QED) is 0.0320. The van der Waals surface area contributed by atoms with E-state index < -0.39 is 12.1 Å². The summed E-state index contributed by atoms with van der Waals surface area (Å²) in [6, 6.07) is -0.625. The summed E-state index contributed by atoms with van der Waals surface area (Å²) in [6.45, 7) is 4.94. The van der Waals surface area contributed by atoms with Crippen molar-refractivity contribution in [3.8, 4) is 0 Å². The minimum atomic E-state index is -0.842. The number of rotatable bonds is 67. The van der Waals surface area contributed by atoms with Crippen LogP contribution in [0.3, 0.4) is 0 Å². The zero-order valence-corrected chi connectivity index (χ0v) is 52.9. The number of hydrogen-bond acceptors (Lipinski definition) is 5. The number of allylic oxidation sites excluding steroid dienone is 3. The third kappa shape index (κ3) is 63.5. The van der Waals surface area contributed by atoms with Crippen molar-refractivity contribution in [3.05, 3.63) is 24.3 Å². The first-order chi connectivity index (χ1) is 38.5. The van der Waals surface area contributed by atoms with Crippen LogP contribution < -0.4 is 5.32 Å². The van der Waals surface area contributed by atoms with E-state index in [9.17, 15) is 19.8 Å². The van der Waals surface area contributed by atoms with Crippen molar-refractivity contribution >= 4 is 11.9 Å². The lowest BCUT2D eigenvalue weighted by molar-refractivity contribution is -0.143. The SMILES string of the molecule is CCCCCCCCCCCCCCCC/C=C/C(O)C(CO)NC(=O)CCCCCCCCCCCCCCCCCC/C=C\CCCCCCCCCCCCCCOC(=O)CCCCCCCCCCCCCCC. The minimum absolute atomic E-state index is 0.0201. The van der Waals surface area contributed by atoms with E-state index in [1.807, 2.05) is 6.08 Å². The van der Waals surface area contributed by atoms with E-state index in [2.05, 4.69) is 31.3 Å². The van der Waals surface area contributed by atoms with Gasteiger partial charge < -0.3 is 20.3 Å². The van der Waals surface area contributed by atoms with Gasteiger partial charge in [0.05, 0.1) is 25.4 Å². The zero-order chi connectivity index (χ0) is 56.4. The Bertz CT molecular complexity index is 1220. The first kappa shape index (κ1) is 76.3. The lowest BCUT2D eigenvalue weighted by atomic mass is 10.0. The number of aliphatic hydroxyl groups is 2. The Morgan fingerprint density at radius 3 is 0.910 bits per heavy atom. The van der Waals surface area contributed by atoms with E-state index in [0.717, 1.165) is 38.5 Å². The first-order valence-corrected chi connectivity index (χ1v) is 35.6. The molecule has 6 nitrogen and oxygen atoms in total. The van der Waals surface area contributed by atoms with Crippen LogP contribution in [0.5, 0.6) is 0 Å². The second kappa shape index (κ2) is 67.8. The summed E-state index contributed by atoms with van der Waals surface area (Å²) >= 11 is 0. The number of carbonyl (C=O) groups is 2. The van der Waals surface area contributed by atoms with Gasteiger partial charge in [0, 0.05) is 12.8 Å². The van der Waals surface area contributed by atoms with Crippen LogP contribution in [0.15, 0.2) is 24.3 Å². The lowest BCUT2D eigenvalue weighted by Crippen LogP contribution is -2.45. The Morgan fingerprint density at radius 1 is 0.346 bits per heavy atom. The van der Waals surface area contributed by atoms with E-state index in [1.165, 1.54) is 334 Å². The molecule has 0 aliphatic carbocycles. The first-order valence-electron chi connectivity index (χ1n) is 35.6. The summed E-state index contributed by atoms with van der Waals surface area (Å²) in [7, 11) is 0. The van der Waals surface area contributed by atoms with Crippen LogP contribution in [0, 0.1) is 0 Å². The molecule has 0 radical (unpaired) electrons. The Kier molecular flexibility index (Phi) is 66.4. The molecule has 1 amide bonds. The van der Waals surface area contributed by atoms with Crippen LogP contribution in [0.25, 0.3) is 0 Å². The maximum absolute atomic E-state index is 12.5. The molecule has 3 N–H and O–H groups in total. The molecule has 0 saturated carbocycles. The van der Waals surface area contributed by atoms with E-state index >= 15 is 0 Å². The summed E-state index contributed by atoms with van der Waals surface area (Å²) in [6.07, 6.45) is 85.5. The fourth-order valence-electron chi connectivity index (χ4n) is 11.3. The molecule has 0 aliphatic rings. The highest BCUT2D eigenvalue weighted by Crippen LogP contribution is 2.19. The standard InChI is InChI=1S/C72H139NO5/c1-3-5-7-9-11-13-15-17-18-37-41-44-48-52-56-60-64-70(75)69(68-74)73-71(76)65-61-57-53-49-45-42-38-35-33-31-29-27-25-23-21-19-20-22-24-26-28-30-32-34-36-39-43-47-51-55-59-63-67-78-72(77)66-62-58-54-50-46-40-16-14-12-10-8-6-4-2/h22,24,60,64,69-70,74-75H,3-21,23,25-59,61-63,65-68H2,1-2H3,(H,73,76)/b24-22-,64-60+. The van der Waals surface area contributed by atoms with Crippen molar-refractivity contribution in [3.63, 3.8) is 0 Å². The summed E-state index contributed by atoms with van der Waals surface area (Å²) in [5.41, 5.74) is 0. The van der Waals surface area contributed by atoms with Crippen molar-refractivity contribution in [1.29, 1.82) is 0 Å². The number of nitrogens with one attached hydrogen (secondary N) is 1. The number of unbranched alkanes of at least 4 members (excludes halogenated alkanes) is 54. The Balaban J connectivity index is 3.36. The molecule has 0 bridgehead atoms. The highest BCUT2D eigenvalue weighted by molar-refractivity contribution is 5.76. The number of amides is 1. The maximum atomic E-state index is 12.5. The van der Waals surface area contributed by atoms with Crippen molar-refractivity contribution in [2.75, 3.05) is 13.2 Å².